The van der Waals surface area contributed by atoms with Crippen molar-refractivity contribution in [2.24, 2.45) is 17.8 Å². The van der Waals surface area contributed by atoms with Gasteiger partial charge < -0.3 is 10.2 Å². The van der Waals surface area contributed by atoms with Crippen LogP contribution in [0.3, 0.4) is 0 Å². The Morgan fingerprint density at radius 1 is 1.27 bits per heavy atom. The van der Waals surface area contributed by atoms with Crippen molar-refractivity contribution in [1.29, 1.82) is 0 Å². The average molecular weight is 303 g/mol. The zero-order valence-corrected chi connectivity index (χ0v) is 12.7. The minimum atomic E-state index is -0.275. The second kappa shape index (κ2) is 5.52. The van der Waals surface area contributed by atoms with Crippen LogP contribution in [0.15, 0.2) is 18.3 Å². The summed E-state index contributed by atoms with van der Waals surface area (Å²) in [4.78, 5) is 18.5. The maximum atomic E-state index is 14.0. The zero-order chi connectivity index (χ0) is 15.1. The Kier molecular flexibility index (Phi) is 3.51. The van der Waals surface area contributed by atoms with Gasteiger partial charge in [-0.2, -0.15) is 0 Å². The average Bonchev–Trinajstić information content (AvgIpc) is 3.19. The molecule has 1 saturated heterocycles. The third-order valence-electron chi connectivity index (χ3n) is 5.43. The first-order chi connectivity index (χ1) is 10.7. The van der Waals surface area contributed by atoms with E-state index in [1.165, 1.54) is 25.3 Å². The Morgan fingerprint density at radius 2 is 2.09 bits per heavy atom. The molecule has 118 valence electrons. The summed E-state index contributed by atoms with van der Waals surface area (Å²) < 4.78 is 14.0. The van der Waals surface area contributed by atoms with Crippen molar-refractivity contribution in [2.75, 3.05) is 18.0 Å². The third kappa shape index (κ3) is 2.57. The lowest BCUT2D eigenvalue weighted by Gasteiger charge is -2.27. The summed E-state index contributed by atoms with van der Waals surface area (Å²) in [6.07, 6.45) is 7.30. The van der Waals surface area contributed by atoms with Gasteiger partial charge in [0.1, 0.15) is 0 Å². The van der Waals surface area contributed by atoms with Crippen molar-refractivity contribution >= 4 is 11.7 Å². The molecule has 1 aliphatic heterocycles. The fraction of sp³-hybridized carbons (Fsp3) is 0.647. The van der Waals surface area contributed by atoms with Gasteiger partial charge in [0, 0.05) is 31.1 Å². The van der Waals surface area contributed by atoms with Crippen LogP contribution in [0, 0.1) is 23.6 Å². The van der Waals surface area contributed by atoms with Crippen LogP contribution < -0.4 is 10.2 Å². The number of carbonyl (C=O) groups excluding carboxylic acids is 1. The van der Waals surface area contributed by atoms with Crippen molar-refractivity contribution in [2.45, 2.75) is 38.1 Å². The molecule has 0 bridgehead atoms. The summed E-state index contributed by atoms with van der Waals surface area (Å²) in [5, 5.41) is 3.24. The summed E-state index contributed by atoms with van der Waals surface area (Å²) in [5.74, 6) is 1.68. The number of hydrogen-bond acceptors (Lipinski definition) is 3. The normalized spacial score (nSPS) is 28.5. The number of halogens is 1. The Hall–Kier alpha value is -1.65. The monoisotopic (exact) mass is 303 g/mol. The molecule has 2 heterocycles. The first kappa shape index (κ1) is 14.0. The number of carbonyl (C=O) groups is 1. The molecule has 22 heavy (non-hydrogen) atoms. The Labute approximate surface area is 130 Å². The van der Waals surface area contributed by atoms with E-state index in [0.717, 1.165) is 19.4 Å². The number of nitrogens with zero attached hydrogens (tertiary/aromatic N) is 2. The lowest BCUT2D eigenvalue weighted by atomic mass is 9.84. The molecule has 0 unspecified atom stereocenters. The highest BCUT2D eigenvalue weighted by Crippen LogP contribution is 2.42. The molecule has 1 amide bonds. The van der Waals surface area contributed by atoms with Crippen LogP contribution >= 0.6 is 0 Å². The summed E-state index contributed by atoms with van der Waals surface area (Å²) in [6, 6.07) is 3.21. The lowest BCUT2D eigenvalue weighted by molar-refractivity contribution is -0.128. The number of anilines is 1. The van der Waals surface area contributed by atoms with Gasteiger partial charge in [-0.3, -0.25) is 4.79 Å². The van der Waals surface area contributed by atoms with Crippen LogP contribution in [0.2, 0.25) is 0 Å². The molecule has 0 aromatic carbocycles. The highest BCUT2D eigenvalue weighted by molar-refractivity contribution is 5.79. The molecule has 0 spiro atoms. The van der Waals surface area contributed by atoms with Gasteiger partial charge in [0.25, 0.3) is 0 Å². The highest BCUT2D eigenvalue weighted by Gasteiger charge is 2.44. The second-order valence-corrected chi connectivity index (χ2v) is 6.96. The van der Waals surface area contributed by atoms with Crippen molar-refractivity contribution < 1.29 is 9.18 Å². The van der Waals surface area contributed by atoms with Gasteiger partial charge in [0.15, 0.2) is 11.6 Å². The summed E-state index contributed by atoms with van der Waals surface area (Å²) in [7, 11) is 0. The minimum absolute atomic E-state index is 0.141. The van der Waals surface area contributed by atoms with Gasteiger partial charge in [-0.25, -0.2) is 9.37 Å². The topological polar surface area (TPSA) is 45.2 Å². The highest BCUT2D eigenvalue weighted by atomic mass is 19.1. The summed E-state index contributed by atoms with van der Waals surface area (Å²) in [6.45, 7) is 1.47. The maximum Gasteiger partial charge on any atom is 0.223 e. The fourth-order valence-corrected chi connectivity index (χ4v) is 3.74. The van der Waals surface area contributed by atoms with Crippen LogP contribution in [0.25, 0.3) is 0 Å². The quantitative estimate of drug-likeness (QED) is 0.928. The van der Waals surface area contributed by atoms with E-state index < -0.39 is 0 Å². The molecule has 4 rings (SSSR count). The summed E-state index contributed by atoms with van der Waals surface area (Å²) >= 11 is 0. The number of amides is 1. The van der Waals surface area contributed by atoms with Crippen LogP contribution in [-0.2, 0) is 4.79 Å². The SMILES string of the molecule is O=C(N[C@H]1CN(c2ncccc2F)C[C@@H]1C1CC1)C1CCC1. The number of aromatic nitrogens is 1. The van der Waals surface area contributed by atoms with Crippen LogP contribution in [-0.4, -0.2) is 30.0 Å². The van der Waals surface area contributed by atoms with E-state index in [0.29, 0.717) is 24.2 Å². The van der Waals surface area contributed by atoms with Gasteiger partial charge >= 0.3 is 0 Å². The second-order valence-electron chi connectivity index (χ2n) is 6.96. The Morgan fingerprint density at radius 3 is 2.73 bits per heavy atom. The predicted octanol–water partition coefficient (Wildman–Crippen LogP) is 2.35. The number of rotatable bonds is 4. The Bertz CT molecular complexity index is 571. The lowest BCUT2D eigenvalue weighted by Crippen LogP contribution is -2.45. The van der Waals surface area contributed by atoms with E-state index in [-0.39, 0.29) is 23.7 Å². The Balaban J connectivity index is 1.48. The largest absolute Gasteiger partial charge is 0.352 e. The summed E-state index contributed by atoms with van der Waals surface area (Å²) in [5.41, 5.74) is 0. The molecule has 5 heteroatoms. The first-order valence-corrected chi connectivity index (χ1v) is 8.38. The fourth-order valence-electron chi connectivity index (χ4n) is 3.74. The molecule has 1 aromatic rings. The van der Waals surface area contributed by atoms with Gasteiger partial charge in [-0.15, -0.1) is 0 Å². The standard InChI is InChI=1S/C17H22FN3O/c18-14-5-2-8-19-16(14)21-9-13(11-6-7-11)15(10-21)20-17(22)12-3-1-4-12/h2,5,8,11-13,15H,1,3-4,6-7,9-10H2,(H,20,22)/t13-,15+/m1/s1. The number of nitrogens with one attached hydrogen (secondary N) is 1. The molecular weight excluding hydrogens is 281 g/mol. The molecule has 0 radical (unpaired) electrons. The smallest absolute Gasteiger partial charge is 0.223 e. The molecule has 3 aliphatic rings. The van der Waals surface area contributed by atoms with Gasteiger partial charge in [0.2, 0.25) is 5.91 Å². The minimum Gasteiger partial charge on any atom is -0.352 e. The molecular formula is C17H22FN3O. The van der Waals surface area contributed by atoms with Crippen LogP contribution in [0.1, 0.15) is 32.1 Å². The number of hydrogen-bond donors (Lipinski definition) is 1. The van der Waals surface area contributed by atoms with E-state index in [1.807, 2.05) is 4.90 Å². The molecule has 2 aliphatic carbocycles. The van der Waals surface area contributed by atoms with Crippen molar-refractivity contribution in [3.05, 3.63) is 24.1 Å². The molecule has 3 fully saturated rings. The van der Waals surface area contributed by atoms with Gasteiger partial charge in [0.05, 0.1) is 6.04 Å². The van der Waals surface area contributed by atoms with E-state index in [1.54, 1.807) is 12.3 Å². The van der Waals surface area contributed by atoms with E-state index in [2.05, 4.69) is 10.3 Å². The van der Waals surface area contributed by atoms with E-state index in [9.17, 15) is 9.18 Å². The molecule has 4 nitrogen and oxygen atoms in total. The predicted molar refractivity (Wildman–Crippen MR) is 81.9 cm³/mol. The van der Waals surface area contributed by atoms with Gasteiger partial charge in [-0.1, -0.05) is 6.42 Å². The van der Waals surface area contributed by atoms with Gasteiger partial charge in [-0.05, 0) is 43.7 Å². The molecule has 1 aromatic heterocycles. The van der Waals surface area contributed by atoms with Crippen molar-refractivity contribution in [1.82, 2.24) is 10.3 Å². The maximum absolute atomic E-state index is 14.0. The third-order valence-corrected chi connectivity index (χ3v) is 5.43. The molecule has 2 atom stereocenters. The molecule has 1 N–H and O–H groups in total. The first-order valence-electron chi connectivity index (χ1n) is 8.38. The molecule has 2 saturated carbocycles. The van der Waals surface area contributed by atoms with Crippen LogP contribution in [0.5, 0.6) is 0 Å². The van der Waals surface area contributed by atoms with Crippen molar-refractivity contribution in [3.8, 4) is 0 Å². The number of pyridine rings is 1. The van der Waals surface area contributed by atoms with Crippen molar-refractivity contribution in [3.63, 3.8) is 0 Å². The van der Waals surface area contributed by atoms with E-state index >= 15 is 0 Å². The van der Waals surface area contributed by atoms with Crippen LogP contribution in [0.4, 0.5) is 10.2 Å². The van der Waals surface area contributed by atoms with E-state index in [4.69, 9.17) is 0 Å². The zero-order valence-electron chi connectivity index (χ0n) is 12.7.